The number of aliphatic carboxylic acids is 2. The normalized spacial score (nSPS) is 10.9. The Morgan fingerprint density at radius 2 is 1.85 bits per heavy atom. The van der Waals surface area contributed by atoms with Crippen LogP contribution in [0.4, 0.5) is 0 Å². The van der Waals surface area contributed by atoms with Gasteiger partial charge in [-0.15, -0.1) is 0 Å². The minimum absolute atomic E-state index is 0.0319. The van der Waals surface area contributed by atoms with Gasteiger partial charge in [-0.1, -0.05) is 17.7 Å². The molecule has 0 saturated carbocycles. The molecule has 12 heteroatoms. The molecule has 0 amide bonds. The fourth-order valence-electron chi connectivity index (χ4n) is 2.75. The maximum Gasteiger partial charge on any atom is 0.328 e. The van der Waals surface area contributed by atoms with E-state index in [1.165, 1.54) is 16.1 Å². The lowest BCUT2D eigenvalue weighted by Crippen LogP contribution is -2.14. The van der Waals surface area contributed by atoms with Crippen LogP contribution < -0.4 is 5.32 Å². The van der Waals surface area contributed by atoms with Gasteiger partial charge in [0.05, 0.1) is 22.2 Å². The monoisotopic (exact) mass is 502 g/mol. The number of carbonyl (C=O) groups is 2. The molecule has 0 unspecified atom stereocenters. The van der Waals surface area contributed by atoms with E-state index >= 15 is 0 Å². The van der Waals surface area contributed by atoms with Crippen LogP contribution in [-0.4, -0.2) is 46.6 Å². The maximum atomic E-state index is 13.2. The number of hydrogen-bond donors (Lipinski definition) is 3. The molecule has 0 bridgehead atoms. The highest BCUT2D eigenvalue weighted by Gasteiger charge is 2.23. The number of carboxylic acid groups (broad SMARTS) is 2. The molecule has 0 aliphatic rings. The molecule has 0 fully saturated rings. The highest BCUT2D eigenvalue weighted by Crippen LogP contribution is 2.31. The average molecular weight is 503 g/mol. The van der Waals surface area contributed by atoms with Gasteiger partial charge in [0.2, 0.25) is 0 Å². The van der Waals surface area contributed by atoms with E-state index in [1.807, 2.05) is 6.07 Å². The van der Waals surface area contributed by atoms with E-state index in [1.54, 1.807) is 49.8 Å². The summed E-state index contributed by atoms with van der Waals surface area (Å²) in [5.41, 5.74) is 1.98. The van der Waals surface area contributed by atoms with E-state index in [0.29, 0.717) is 30.0 Å². The first-order chi connectivity index (χ1) is 16.1. The van der Waals surface area contributed by atoms with Crippen LogP contribution in [0, 0.1) is 11.3 Å². The van der Waals surface area contributed by atoms with Crippen LogP contribution >= 0.6 is 11.6 Å². The molecular formula is C22H19ClN4O6S. The molecule has 3 N–H and O–H groups in total. The zero-order valence-corrected chi connectivity index (χ0v) is 19.3. The number of halogens is 1. The number of nitrogens with one attached hydrogen (secondary N) is 1. The number of hydrogen-bond acceptors (Lipinski definition) is 7. The third-order valence-electron chi connectivity index (χ3n) is 4.15. The van der Waals surface area contributed by atoms with Gasteiger partial charge in [-0.25, -0.2) is 27.0 Å². The first-order valence-electron chi connectivity index (χ1n) is 9.46. The lowest BCUT2D eigenvalue weighted by Gasteiger charge is -2.11. The third kappa shape index (κ3) is 6.76. The standard InChI is InChI=1S/C18H15ClN4O2S.C4H4O4/c1-21-11-14-9-17(16-6-3-7-22-18(16)19)23(12-14)26(24,25)15-5-2-4-13(8-15)10-20;5-3(6)1-2-4(7)8/h2-9,12,21H,11H2,1H3;1-2H,(H,5,6)(H,7,8)/b;2-1+. The molecular weight excluding hydrogens is 484 g/mol. The molecule has 0 spiro atoms. The van der Waals surface area contributed by atoms with Crippen molar-refractivity contribution in [3.05, 3.63) is 83.3 Å². The first kappa shape index (κ1) is 26.3. The molecule has 2 aromatic heterocycles. The van der Waals surface area contributed by atoms with Crippen LogP contribution in [0.3, 0.4) is 0 Å². The molecule has 1 aromatic carbocycles. The predicted molar refractivity (Wildman–Crippen MR) is 124 cm³/mol. The second kappa shape index (κ2) is 11.8. The largest absolute Gasteiger partial charge is 0.478 e. The molecule has 0 aliphatic heterocycles. The number of nitriles is 1. The summed E-state index contributed by atoms with van der Waals surface area (Å²) in [6.45, 7) is 0.492. The lowest BCUT2D eigenvalue weighted by molar-refractivity contribution is -0.134. The Morgan fingerprint density at radius 3 is 2.41 bits per heavy atom. The predicted octanol–water partition coefficient (Wildman–Crippen LogP) is 2.74. The summed E-state index contributed by atoms with van der Waals surface area (Å²) in [6.07, 6.45) is 4.20. The molecule has 10 nitrogen and oxygen atoms in total. The Balaban J connectivity index is 0.000000440. The summed E-state index contributed by atoms with van der Waals surface area (Å²) >= 11 is 6.18. The minimum atomic E-state index is -3.91. The molecule has 0 saturated heterocycles. The lowest BCUT2D eigenvalue weighted by atomic mass is 10.2. The van der Waals surface area contributed by atoms with Gasteiger partial charge in [-0.05, 0) is 49.0 Å². The van der Waals surface area contributed by atoms with Crippen molar-refractivity contribution in [2.45, 2.75) is 11.4 Å². The topological polar surface area (TPSA) is 162 Å². The Bertz CT molecular complexity index is 1360. The van der Waals surface area contributed by atoms with Gasteiger partial charge in [0.1, 0.15) is 5.15 Å². The van der Waals surface area contributed by atoms with Crippen molar-refractivity contribution in [2.24, 2.45) is 0 Å². The van der Waals surface area contributed by atoms with Gasteiger partial charge in [0.15, 0.2) is 0 Å². The van der Waals surface area contributed by atoms with E-state index in [0.717, 1.165) is 5.56 Å². The van der Waals surface area contributed by atoms with Crippen molar-refractivity contribution in [1.82, 2.24) is 14.3 Å². The van der Waals surface area contributed by atoms with Crippen LogP contribution in [0.1, 0.15) is 11.1 Å². The summed E-state index contributed by atoms with van der Waals surface area (Å²) in [4.78, 5) is 23.2. The number of rotatable bonds is 7. The molecule has 34 heavy (non-hydrogen) atoms. The van der Waals surface area contributed by atoms with Crippen molar-refractivity contribution < 1.29 is 28.2 Å². The Labute approximate surface area is 200 Å². The first-order valence-corrected chi connectivity index (χ1v) is 11.3. The summed E-state index contributed by atoms with van der Waals surface area (Å²) in [6, 6.07) is 13.0. The molecule has 3 rings (SSSR count). The Hall–Kier alpha value is -3.98. The molecule has 0 aliphatic carbocycles. The van der Waals surface area contributed by atoms with Crippen molar-refractivity contribution >= 4 is 33.6 Å². The zero-order chi connectivity index (χ0) is 25.3. The van der Waals surface area contributed by atoms with Gasteiger partial charge in [0, 0.05) is 36.7 Å². The van der Waals surface area contributed by atoms with Crippen LogP contribution in [-0.2, 0) is 26.2 Å². The number of aromatic nitrogens is 2. The van der Waals surface area contributed by atoms with Gasteiger partial charge >= 0.3 is 11.9 Å². The van der Waals surface area contributed by atoms with Crippen LogP contribution in [0.15, 0.2) is 71.9 Å². The molecule has 3 aromatic rings. The van der Waals surface area contributed by atoms with E-state index in [4.69, 9.17) is 27.1 Å². The number of benzene rings is 1. The fourth-order valence-corrected chi connectivity index (χ4v) is 4.41. The van der Waals surface area contributed by atoms with Crippen LogP contribution in [0.2, 0.25) is 5.15 Å². The molecule has 0 radical (unpaired) electrons. The van der Waals surface area contributed by atoms with E-state index in [-0.39, 0.29) is 15.6 Å². The minimum Gasteiger partial charge on any atom is -0.478 e. The Kier molecular flexibility index (Phi) is 9.09. The second-order valence-corrected chi connectivity index (χ2v) is 8.73. The highest BCUT2D eigenvalue weighted by molar-refractivity contribution is 7.90. The van der Waals surface area contributed by atoms with Gasteiger partial charge in [-0.2, -0.15) is 5.26 Å². The highest BCUT2D eigenvalue weighted by atomic mass is 35.5. The van der Waals surface area contributed by atoms with E-state index < -0.39 is 22.0 Å². The van der Waals surface area contributed by atoms with Crippen LogP contribution in [0.5, 0.6) is 0 Å². The van der Waals surface area contributed by atoms with E-state index in [9.17, 15) is 18.0 Å². The summed E-state index contributed by atoms with van der Waals surface area (Å²) in [5, 5.41) is 27.9. The summed E-state index contributed by atoms with van der Waals surface area (Å²) in [5.74, 6) is -2.51. The maximum absolute atomic E-state index is 13.2. The molecule has 176 valence electrons. The van der Waals surface area contributed by atoms with Crippen molar-refractivity contribution in [3.8, 4) is 17.3 Å². The van der Waals surface area contributed by atoms with Crippen molar-refractivity contribution in [2.75, 3.05) is 7.05 Å². The SMILES string of the molecule is CNCc1cc(-c2cccnc2Cl)n(S(=O)(=O)c2cccc(C#N)c2)c1.O=C(O)/C=C/C(=O)O. The van der Waals surface area contributed by atoms with E-state index in [2.05, 4.69) is 10.3 Å². The average Bonchev–Trinajstić information content (AvgIpc) is 3.23. The number of nitrogens with zero attached hydrogens (tertiary/aromatic N) is 3. The molecule has 0 atom stereocenters. The molecule has 2 heterocycles. The summed E-state index contributed by atoms with van der Waals surface area (Å²) < 4.78 is 27.6. The van der Waals surface area contributed by atoms with Gasteiger partial charge < -0.3 is 15.5 Å². The van der Waals surface area contributed by atoms with Gasteiger partial charge in [0.25, 0.3) is 10.0 Å². The number of pyridine rings is 1. The van der Waals surface area contributed by atoms with Crippen LogP contribution in [0.25, 0.3) is 11.3 Å². The fraction of sp³-hybridized carbons (Fsp3) is 0.0909. The van der Waals surface area contributed by atoms with Crippen molar-refractivity contribution in [3.63, 3.8) is 0 Å². The second-order valence-electron chi connectivity index (χ2n) is 6.56. The van der Waals surface area contributed by atoms with Crippen molar-refractivity contribution in [1.29, 1.82) is 5.26 Å². The third-order valence-corrected chi connectivity index (χ3v) is 6.12. The zero-order valence-electron chi connectivity index (χ0n) is 17.7. The van der Waals surface area contributed by atoms with Gasteiger partial charge in [-0.3, -0.25) is 0 Å². The smallest absolute Gasteiger partial charge is 0.328 e. The number of carboxylic acids is 2. The Morgan fingerprint density at radius 1 is 1.18 bits per heavy atom. The summed E-state index contributed by atoms with van der Waals surface area (Å²) in [7, 11) is -2.14. The quantitative estimate of drug-likeness (QED) is 0.325.